The van der Waals surface area contributed by atoms with E-state index in [0.717, 1.165) is 5.56 Å². The molecule has 5 heteroatoms. The number of aryl methyl sites for hydroxylation is 1. The molecule has 0 aromatic heterocycles. The molecule has 0 atom stereocenters. The second kappa shape index (κ2) is 6.54. The summed E-state index contributed by atoms with van der Waals surface area (Å²) < 4.78 is 34.0. The Morgan fingerprint density at radius 3 is 2.20 bits per heavy atom. The highest BCUT2D eigenvalue weighted by Gasteiger charge is 2.14. The first-order valence-electron chi connectivity index (χ1n) is 6.22. The molecular weight excluding hydrogens is 276 g/mol. The molecule has 2 aromatic rings. The maximum atomic E-state index is 11.9. The van der Waals surface area contributed by atoms with Crippen LogP contribution < -0.4 is 4.74 Å². The minimum Gasteiger partial charge on any atom is -0.491 e. The minimum atomic E-state index is -3.71. The van der Waals surface area contributed by atoms with E-state index >= 15 is 0 Å². The van der Waals surface area contributed by atoms with Gasteiger partial charge in [-0.15, -0.1) is 0 Å². The summed E-state index contributed by atoms with van der Waals surface area (Å²) in [5, 5.41) is 0. The van der Waals surface area contributed by atoms with Gasteiger partial charge in [-0.25, -0.2) is 0 Å². The van der Waals surface area contributed by atoms with Crippen molar-refractivity contribution in [2.24, 2.45) is 0 Å². The van der Waals surface area contributed by atoms with Crippen molar-refractivity contribution in [1.82, 2.24) is 0 Å². The van der Waals surface area contributed by atoms with E-state index in [-0.39, 0.29) is 18.1 Å². The Labute approximate surface area is 119 Å². The third-order valence-corrected chi connectivity index (χ3v) is 3.97. The van der Waals surface area contributed by atoms with Crippen LogP contribution in [0.25, 0.3) is 0 Å². The molecule has 0 aliphatic rings. The van der Waals surface area contributed by atoms with E-state index in [4.69, 9.17) is 8.92 Å². The van der Waals surface area contributed by atoms with Crippen LogP contribution in [-0.2, 0) is 14.3 Å². The zero-order valence-corrected chi connectivity index (χ0v) is 12.0. The first-order chi connectivity index (χ1) is 9.58. The molecule has 0 aliphatic carbocycles. The smallest absolute Gasteiger partial charge is 0.297 e. The number of hydrogen-bond acceptors (Lipinski definition) is 4. The number of ether oxygens (including phenoxy) is 1. The van der Waals surface area contributed by atoms with E-state index in [1.165, 1.54) is 12.1 Å². The van der Waals surface area contributed by atoms with Crippen LogP contribution in [0, 0.1) is 6.92 Å². The average Bonchev–Trinajstić information content (AvgIpc) is 2.45. The Bertz CT molecular complexity index is 633. The predicted molar refractivity (Wildman–Crippen MR) is 76.3 cm³/mol. The number of para-hydroxylation sites is 1. The second-order valence-corrected chi connectivity index (χ2v) is 5.87. The molecule has 0 spiro atoms. The Kier molecular flexibility index (Phi) is 4.76. The van der Waals surface area contributed by atoms with Crippen molar-refractivity contribution in [1.29, 1.82) is 0 Å². The largest absolute Gasteiger partial charge is 0.491 e. The van der Waals surface area contributed by atoms with Crippen molar-refractivity contribution in [3.05, 3.63) is 60.2 Å². The lowest BCUT2D eigenvalue weighted by atomic mass is 10.2. The molecule has 2 aromatic carbocycles. The van der Waals surface area contributed by atoms with Gasteiger partial charge in [0, 0.05) is 0 Å². The maximum Gasteiger partial charge on any atom is 0.297 e. The molecular formula is C15H16O4S. The van der Waals surface area contributed by atoms with Crippen LogP contribution in [0.4, 0.5) is 0 Å². The number of rotatable bonds is 6. The van der Waals surface area contributed by atoms with Crippen molar-refractivity contribution >= 4 is 10.1 Å². The SMILES string of the molecule is Cc1ccc(S(=O)(=O)OCCOc2ccccc2)cc1. The second-order valence-electron chi connectivity index (χ2n) is 4.25. The Hall–Kier alpha value is -1.85. The standard InChI is InChI=1S/C15H16O4S/c1-13-7-9-15(10-8-13)20(16,17)19-12-11-18-14-5-3-2-4-6-14/h2-10H,11-12H2,1H3. The molecule has 0 fully saturated rings. The lowest BCUT2D eigenvalue weighted by molar-refractivity contribution is 0.221. The fourth-order valence-corrected chi connectivity index (χ4v) is 2.49. The quantitative estimate of drug-likeness (QED) is 0.607. The van der Waals surface area contributed by atoms with Crippen LogP contribution >= 0.6 is 0 Å². The summed E-state index contributed by atoms with van der Waals surface area (Å²) in [5.74, 6) is 0.684. The summed E-state index contributed by atoms with van der Waals surface area (Å²) in [6, 6.07) is 15.7. The molecule has 4 nitrogen and oxygen atoms in total. The van der Waals surface area contributed by atoms with E-state index in [9.17, 15) is 8.42 Å². The van der Waals surface area contributed by atoms with Crippen LogP contribution in [0.5, 0.6) is 5.75 Å². The third kappa shape index (κ3) is 4.08. The summed E-state index contributed by atoms with van der Waals surface area (Å²) in [5.41, 5.74) is 0.997. The van der Waals surface area contributed by atoms with Gasteiger partial charge in [-0.1, -0.05) is 35.9 Å². The Morgan fingerprint density at radius 2 is 1.55 bits per heavy atom. The van der Waals surface area contributed by atoms with Gasteiger partial charge in [-0.05, 0) is 31.2 Å². The zero-order chi connectivity index (χ0) is 14.4. The van der Waals surface area contributed by atoms with E-state index in [0.29, 0.717) is 5.75 Å². The third-order valence-electron chi connectivity index (χ3n) is 2.64. The average molecular weight is 292 g/mol. The predicted octanol–water partition coefficient (Wildman–Crippen LogP) is 2.78. The van der Waals surface area contributed by atoms with Gasteiger partial charge in [0.2, 0.25) is 0 Å². The molecule has 0 heterocycles. The van der Waals surface area contributed by atoms with Gasteiger partial charge in [-0.2, -0.15) is 8.42 Å². The van der Waals surface area contributed by atoms with Crippen molar-refractivity contribution in [2.45, 2.75) is 11.8 Å². The zero-order valence-electron chi connectivity index (χ0n) is 11.2. The van der Waals surface area contributed by atoms with Crippen LogP contribution in [-0.4, -0.2) is 21.6 Å². The lowest BCUT2D eigenvalue weighted by Gasteiger charge is -2.07. The summed E-state index contributed by atoms with van der Waals surface area (Å²) in [4.78, 5) is 0.155. The molecule has 106 valence electrons. The van der Waals surface area contributed by atoms with Gasteiger partial charge in [-0.3, -0.25) is 4.18 Å². The number of benzene rings is 2. The number of hydrogen-bond donors (Lipinski definition) is 0. The molecule has 0 amide bonds. The van der Waals surface area contributed by atoms with Crippen LogP contribution in [0.1, 0.15) is 5.56 Å². The highest BCUT2D eigenvalue weighted by Crippen LogP contribution is 2.13. The topological polar surface area (TPSA) is 52.6 Å². The van der Waals surface area contributed by atoms with E-state index in [1.54, 1.807) is 24.3 Å². The summed E-state index contributed by atoms with van der Waals surface area (Å²) in [6.45, 7) is 2.05. The lowest BCUT2D eigenvalue weighted by Crippen LogP contribution is -2.13. The molecule has 0 unspecified atom stereocenters. The Morgan fingerprint density at radius 1 is 0.900 bits per heavy atom. The molecule has 2 rings (SSSR count). The highest BCUT2D eigenvalue weighted by molar-refractivity contribution is 7.86. The minimum absolute atomic E-state index is 0.0227. The van der Waals surface area contributed by atoms with Crippen molar-refractivity contribution in [3.8, 4) is 5.75 Å². The van der Waals surface area contributed by atoms with Crippen molar-refractivity contribution in [3.63, 3.8) is 0 Å². The molecule has 0 saturated heterocycles. The van der Waals surface area contributed by atoms with Crippen LogP contribution in [0.2, 0.25) is 0 Å². The first kappa shape index (κ1) is 14.6. The van der Waals surface area contributed by atoms with Crippen LogP contribution in [0.3, 0.4) is 0 Å². The van der Waals surface area contributed by atoms with E-state index < -0.39 is 10.1 Å². The molecule has 0 radical (unpaired) electrons. The van der Waals surface area contributed by atoms with Crippen molar-refractivity contribution in [2.75, 3.05) is 13.2 Å². The summed E-state index contributed by atoms with van der Waals surface area (Å²) in [6.07, 6.45) is 0. The summed E-state index contributed by atoms with van der Waals surface area (Å²) in [7, 11) is -3.71. The van der Waals surface area contributed by atoms with Crippen molar-refractivity contribution < 1.29 is 17.3 Å². The Balaban J connectivity index is 1.85. The molecule has 20 heavy (non-hydrogen) atoms. The van der Waals surface area contributed by atoms with E-state index in [1.807, 2.05) is 25.1 Å². The highest BCUT2D eigenvalue weighted by atomic mass is 32.2. The molecule has 0 aliphatic heterocycles. The molecule has 0 bridgehead atoms. The maximum absolute atomic E-state index is 11.9. The monoisotopic (exact) mass is 292 g/mol. The fourth-order valence-electron chi connectivity index (χ4n) is 1.59. The molecule has 0 saturated carbocycles. The van der Waals surface area contributed by atoms with Gasteiger partial charge in [0.1, 0.15) is 19.0 Å². The van der Waals surface area contributed by atoms with Gasteiger partial charge in [0.25, 0.3) is 10.1 Å². The van der Waals surface area contributed by atoms with Crippen LogP contribution in [0.15, 0.2) is 59.5 Å². The van der Waals surface area contributed by atoms with Gasteiger partial charge >= 0.3 is 0 Å². The molecule has 0 N–H and O–H groups in total. The first-order valence-corrected chi connectivity index (χ1v) is 7.63. The fraction of sp³-hybridized carbons (Fsp3) is 0.200. The van der Waals surface area contributed by atoms with Gasteiger partial charge < -0.3 is 4.74 Å². The summed E-state index contributed by atoms with van der Waals surface area (Å²) >= 11 is 0. The van der Waals surface area contributed by atoms with Gasteiger partial charge in [0.15, 0.2) is 0 Å². The van der Waals surface area contributed by atoms with Gasteiger partial charge in [0.05, 0.1) is 4.90 Å². The van der Waals surface area contributed by atoms with E-state index in [2.05, 4.69) is 0 Å². The normalized spacial score (nSPS) is 11.2.